The van der Waals surface area contributed by atoms with Crippen molar-refractivity contribution in [3.63, 3.8) is 0 Å². The summed E-state index contributed by atoms with van der Waals surface area (Å²) >= 11 is 1.39. The van der Waals surface area contributed by atoms with Crippen LogP contribution in [0, 0.1) is 5.92 Å². The molecular weight excluding hydrogens is 442 g/mol. The number of benzene rings is 1. The Morgan fingerprint density at radius 2 is 1.82 bits per heavy atom. The van der Waals surface area contributed by atoms with Gasteiger partial charge in [-0.1, -0.05) is 44.2 Å². The molecule has 0 fully saturated rings. The van der Waals surface area contributed by atoms with Crippen LogP contribution in [0.1, 0.15) is 45.1 Å². The lowest BCUT2D eigenvalue weighted by Crippen LogP contribution is -2.58. The van der Waals surface area contributed by atoms with Gasteiger partial charge in [0.1, 0.15) is 6.61 Å². The molecule has 2 aromatic rings. The fourth-order valence-corrected chi connectivity index (χ4v) is 4.24. The molecule has 8 nitrogen and oxygen atoms in total. The largest absolute Gasteiger partial charge is 0.465 e. The maximum atomic E-state index is 12.8. The highest BCUT2D eigenvalue weighted by atomic mass is 32.1. The van der Waals surface area contributed by atoms with Gasteiger partial charge in [-0.25, -0.2) is 9.59 Å². The van der Waals surface area contributed by atoms with Crippen molar-refractivity contribution >= 4 is 23.5 Å². The zero-order valence-electron chi connectivity index (χ0n) is 20.0. The van der Waals surface area contributed by atoms with Crippen LogP contribution in [0.3, 0.4) is 0 Å². The first-order chi connectivity index (χ1) is 15.5. The second-order valence-corrected chi connectivity index (χ2v) is 10.4. The van der Waals surface area contributed by atoms with Crippen molar-refractivity contribution in [3.8, 4) is 0 Å². The van der Waals surface area contributed by atoms with Gasteiger partial charge < -0.3 is 19.8 Å². The molecule has 2 rings (SSSR count). The van der Waals surface area contributed by atoms with Gasteiger partial charge in [0, 0.05) is 18.3 Å². The number of hydrogen-bond donors (Lipinski definition) is 2. The monoisotopic (exact) mass is 477 g/mol. The molecule has 0 unspecified atom stereocenters. The van der Waals surface area contributed by atoms with E-state index in [9.17, 15) is 19.8 Å². The predicted molar refractivity (Wildman–Crippen MR) is 128 cm³/mol. The van der Waals surface area contributed by atoms with Crippen LogP contribution in [0.5, 0.6) is 0 Å². The molecule has 2 atom stereocenters. The Hall–Kier alpha value is -2.65. The van der Waals surface area contributed by atoms with E-state index in [1.165, 1.54) is 21.1 Å². The lowest BCUT2D eigenvalue weighted by atomic mass is 9.94. The van der Waals surface area contributed by atoms with Crippen LogP contribution in [-0.4, -0.2) is 68.0 Å². The SMILES string of the molecule is CC(C)CN(C[C@@H](O)[C@H](Cc1ccccc1)N(C(=O)O)C(C)(C)C)C(=O)OCc1cncs1. The van der Waals surface area contributed by atoms with Crippen LogP contribution in [0.2, 0.25) is 0 Å². The summed E-state index contributed by atoms with van der Waals surface area (Å²) in [6.07, 6.45) is -0.825. The van der Waals surface area contributed by atoms with Gasteiger partial charge in [-0.2, -0.15) is 0 Å². The summed E-state index contributed by atoms with van der Waals surface area (Å²) in [7, 11) is 0. The summed E-state index contributed by atoms with van der Waals surface area (Å²) in [5.74, 6) is 0.138. The van der Waals surface area contributed by atoms with E-state index in [1.807, 2.05) is 44.2 Å². The number of amides is 2. The minimum Gasteiger partial charge on any atom is -0.465 e. The highest BCUT2D eigenvalue weighted by Crippen LogP contribution is 2.24. The Labute approximate surface area is 199 Å². The molecule has 0 saturated heterocycles. The quantitative estimate of drug-likeness (QED) is 0.523. The maximum Gasteiger partial charge on any atom is 0.410 e. The third kappa shape index (κ3) is 8.33. The van der Waals surface area contributed by atoms with E-state index in [2.05, 4.69) is 4.98 Å². The summed E-state index contributed by atoms with van der Waals surface area (Å²) < 4.78 is 5.44. The predicted octanol–water partition coefficient (Wildman–Crippen LogP) is 4.49. The number of aliphatic hydroxyl groups is 1. The second kappa shape index (κ2) is 12.0. The van der Waals surface area contributed by atoms with E-state index in [-0.39, 0.29) is 19.1 Å². The molecule has 1 heterocycles. The van der Waals surface area contributed by atoms with Gasteiger partial charge in [-0.3, -0.25) is 9.88 Å². The van der Waals surface area contributed by atoms with Crippen molar-refractivity contribution in [1.82, 2.24) is 14.8 Å². The van der Waals surface area contributed by atoms with E-state index in [0.29, 0.717) is 13.0 Å². The van der Waals surface area contributed by atoms with E-state index in [1.54, 1.807) is 32.5 Å². The van der Waals surface area contributed by atoms with E-state index >= 15 is 0 Å². The number of hydrogen-bond acceptors (Lipinski definition) is 6. The molecule has 0 saturated carbocycles. The van der Waals surface area contributed by atoms with Crippen molar-refractivity contribution in [2.24, 2.45) is 5.92 Å². The van der Waals surface area contributed by atoms with Gasteiger partial charge in [-0.05, 0) is 38.7 Å². The van der Waals surface area contributed by atoms with Gasteiger partial charge in [0.15, 0.2) is 0 Å². The number of carboxylic acid groups (broad SMARTS) is 1. The molecule has 0 spiro atoms. The molecule has 0 aliphatic heterocycles. The van der Waals surface area contributed by atoms with Crippen LogP contribution < -0.4 is 0 Å². The van der Waals surface area contributed by atoms with Gasteiger partial charge in [0.25, 0.3) is 0 Å². The average Bonchev–Trinajstić information content (AvgIpc) is 3.23. The number of aromatic nitrogens is 1. The fourth-order valence-electron chi connectivity index (χ4n) is 3.73. The van der Waals surface area contributed by atoms with Crippen LogP contribution in [-0.2, 0) is 17.8 Å². The smallest absolute Gasteiger partial charge is 0.410 e. The molecule has 0 radical (unpaired) electrons. The summed E-state index contributed by atoms with van der Waals surface area (Å²) in [6, 6.07) is 8.69. The van der Waals surface area contributed by atoms with Crippen molar-refractivity contribution in [1.29, 1.82) is 0 Å². The Kier molecular flexibility index (Phi) is 9.67. The van der Waals surface area contributed by atoms with Gasteiger partial charge >= 0.3 is 12.2 Å². The van der Waals surface area contributed by atoms with Crippen molar-refractivity contribution in [2.45, 2.75) is 65.3 Å². The minimum atomic E-state index is -1.12. The molecule has 182 valence electrons. The lowest BCUT2D eigenvalue weighted by molar-refractivity contribution is -0.00900. The first-order valence-corrected chi connectivity index (χ1v) is 11.9. The van der Waals surface area contributed by atoms with Crippen LogP contribution in [0.15, 0.2) is 42.0 Å². The van der Waals surface area contributed by atoms with Crippen molar-refractivity contribution < 1.29 is 24.5 Å². The number of rotatable bonds is 10. The zero-order valence-corrected chi connectivity index (χ0v) is 20.8. The zero-order chi connectivity index (χ0) is 24.6. The summed E-state index contributed by atoms with van der Waals surface area (Å²) in [5.41, 5.74) is 1.82. The fraction of sp³-hybridized carbons (Fsp3) is 0.542. The van der Waals surface area contributed by atoms with E-state index < -0.39 is 29.9 Å². The molecule has 9 heteroatoms. The third-order valence-corrected chi connectivity index (χ3v) is 5.82. The molecule has 2 N–H and O–H groups in total. The molecule has 0 bridgehead atoms. The molecule has 0 aliphatic carbocycles. The van der Waals surface area contributed by atoms with Gasteiger partial charge in [0.05, 0.1) is 29.1 Å². The molecule has 0 aliphatic rings. The number of carbonyl (C=O) groups excluding carboxylic acids is 1. The molecule has 2 amide bonds. The average molecular weight is 478 g/mol. The van der Waals surface area contributed by atoms with Crippen LogP contribution in [0.4, 0.5) is 9.59 Å². The second-order valence-electron chi connectivity index (χ2n) is 9.47. The topological polar surface area (TPSA) is 103 Å². The molecular formula is C24H35N3O5S. The molecule has 33 heavy (non-hydrogen) atoms. The van der Waals surface area contributed by atoms with Crippen molar-refractivity contribution in [3.05, 3.63) is 52.5 Å². The first-order valence-electron chi connectivity index (χ1n) is 11.0. The lowest BCUT2D eigenvalue weighted by Gasteiger charge is -2.42. The minimum absolute atomic E-state index is 0.0446. The highest BCUT2D eigenvalue weighted by Gasteiger charge is 2.38. The summed E-state index contributed by atoms with van der Waals surface area (Å²) in [4.78, 5) is 32.6. The number of thiazole rings is 1. The normalized spacial score (nSPS) is 13.4. The summed E-state index contributed by atoms with van der Waals surface area (Å²) in [5, 5.41) is 21.3. The Morgan fingerprint density at radius 3 is 2.33 bits per heavy atom. The maximum absolute atomic E-state index is 12.8. The highest BCUT2D eigenvalue weighted by molar-refractivity contribution is 7.09. The Balaban J connectivity index is 2.25. The number of ether oxygens (including phenoxy) is 1. The molecule has 1 aromatic heterocycles. The first kappa shape index (κ1) is 26.6. The van der Waals surface area contributed by atoms with Gasteiger partial charge in [0.2, 0.25) is 0 Å². The number of nitrogens with zero attached hydrogens (tertiary/aromatic N) is 3. The van der Waals surface area contributed by atoms with E-state index in [4.69, 9.17) is 4.74 Å². The van der Waals surface area contributed by atoms with Gasteiger partial charge in [-0.15, -0.1) is 11.3 Å². The Morgan fingerprint density at radius 1 is 1.15 bits per heavy atom. The van der Waals surface area contributed by atoms with E-state index in [0.717, 1.165) is 10.4 Å². The van der Waals surface area contributed by atoms with Crippen molar-refractivity contribution in [2.75, 3.05) is 13.1 Å². The Bertz CT molecular complexity index is 868. The van der Waals surface area contributed by atoms with Crippen LogP contribution >= 0.6 is 11.3 Å². The molecule has 1 aromatic carbocycles. The third-order valence-electron chi connectivity index (χ3n) is 5.06. The number of carbonyl (C=O) groups is 2. The summed E-state index contributed by atoms with van der Waals surface area (Å²) in [6.45, 7) is 9.75. The number of aliphatic hydroxyl groups excluding tert-OH is 1. The van der Waals surface area contributed by atoms with Crippen LogP contribution in [0.25, 0.3) is 0 Å². The standard InChI is InChI=1S/C24H35N3O5S/c1-17(2)13-26(23(31)32-15-19-12-25-16-33-19)14-21(28)20(11-18-9-7-6-8-10-18)27(22(29)30)24(3,4)5/h6-10,12,16-17,20-21,28H,11,13-15H2,1-5H3,(H,29,30)/t20-,21+/m0/s1.